The maximum absolute atomic E-state index is 5.88. The fourth-order valence-corrected chi connectivity index (χ4v) is 3.53. The van der Waals surface area contributed by atoms with Gasteiger partial charge < -0.3 is 24.3 Å². The van der Waals surface area contributed by atoms with Gasteiger partial charge in [-0.25, -0.2) is 0 Å². The molecule has 0 bridgehead atoms. The van der Waals surface area contributed by atoms with Crippen molar-refractivity contribution in [1.82, 2.24) is 0 Å². The van der Waals surface area contributed by atoms with E-state index in [9.17, 15) is 0 Å². The Labute approximate surface area is 166 Å². The van der Waals surface area contributed by atoms with Crippen LogP contribution in [-0.4, -0.2) is 38.6 Å². The first kappa shape index (κ1) is 19.1. The molecule has 2 saturated heterocycles. The summed E-state index contributed by atoms with van der Waals surface area (Å²) in [7, 11) is 0. The predicted molar refractivity (Wildman–Crippen MR) is 109 cm³/mol. The number of anilines is 1. The Morgan fingerprint density at radius 3 is 2.14 bits per heavy atom. The maximum atomic E-state index is 5.88. The van der Waals surface area contributed by atoms with Gasteiger partial charge in [-0.05, 0) is 55.5 Å². The van der Waals surface area contributed by atoms with Crippen molar-refractivity contribution < 1.29 is 18.9 Å². The molecule has 2 atom stereocenters. The third kappa shape index (κ3) is 5.63. The first-order valence-corrected chi connectivity index (χ1v) is 10.3. The summed E-state index contributed by atoms with van der Waals surface area (Å²) >= 11 is 0. The van der Waals surface area contributed by atoms with E-state index in [1.54, 1.807) is 0 Å². The van der Waals surface area contributed by atoms with Gasteiger partial charge in [0.05, 0.1) is 12.2 Å². The molecule has 2 aliphatic rings. The van der Waals surface area contributed by atoms with Crippen molar-refractivity contribution in [2.75, 3.05) is 31.7 Å². The summed E-state index contributed by atoms with van der Waals surface area (Å²) in [6, 6.07) is 16.3. The second-order valence-electron chi connectivity index (χ2n) is 7.42. The van der Waals surface area contributed by atoms with E-state index < -0.39 is 0 Å². The van der Waals surface area contributed by atoms with Crippen LogP contribution in [0.5, 0.6) is 11.5 Å². The van der Waals surface area contributed by atoms with Crippen LogP contribution < -0.4 is 14.8 Å². The molecular weight excluding hydrogens is 354 g/mol. The average molecular weight is 383 g/mol. The van der Waals surface area contributed by atoms with Crippen LogP contribution in [0.3, 0.4) is 0 Å². The molecule has 0 saturated carbocycles. The van der Waals surface area contributed by atoms with Gasteiger partial charge in [0, 0.05) is 31.5 Å². The Hall–Kier alpha value is -2.24. The second kappa shape index (κ2) is 9.80. The molecule has 0 radical (unpaired) electrons. The lowest BCUT2D eigenvalue weighted by Crippen LogP contribution is -2.16. The van der Waals surface area contributed by atoms with E-state index in [2.05, 4.69) is 23.5 Å². The molecule has 1 N–H and O–H groups in total. The molecule has 4 rings (SSSR count). The largest absolute Gasteiger partial charge is 0.491 e. The van der Waals surface area contributed by atoms with Crippen LogP contribution in [0.1, 0.15) is 31.2 Å². The summed E-state index contributed by atoms with van der Waals surface area (Å²) in [6.07, 6.45) is 4.94. The Balaban J connectivity index is 1.22. The molecule has 5 nitrogen and oxygen atoms in total. The van der Waals surface area contributed by atoms with Crippen molar-refractivity contribution in [3.05, 3.63) is 54.1 Å². The van der Waals surface area contributed by atoms with E-state index in [1.807, 2.05) is 30.3 Å². The van der Waals surface area contributed by atoms with Crippen molar-refractivity contribution in [1.29, 1.82) is 0 Å². The summed E-state index contributed by atoms with van der Waals surface area (Å²) < 4.78 is 22.9. The number of nitrogens with one attached hydrogen (secondary N) is 1. The van der Waals surface area contributed by atoms with Gasteiger partial charge >= 0.3 is 0 Å². The van der Waals surface area contributed by atoms with E-state index in [0.717, 1.165) is 62.6 Å². The first-order valence-electron chi connectivity index (χ1n) is 10.3. The van der Waals surface area contributed by atoms with Crippen molar-refractivity contribution in [2.24, 2.45) is 0 Å². The minimum Gasteiger partial charge on any atom is -0.491 e. The van der Waals surface area contributed by atoms with Crippen LogP contribution in [0.4, 0.5) is 5.69 Å². The van der Waals surface area contributed by atoms with Crippen molar-refractivity contribution in [3.63, 3.8) is 0 Å². The summed E-state index contributed by atoms with van der Waals surface area (Å²) in [6.45, 7) is 3.72. The minimum absolute atomic E-state index is 0.234. The summed E-state index contributed by atoms with van der Waals surface area (Å²) in [5, 5.41) is 3.45. The SMILES string of the molecule is c1cc(NCc2ccc(OC[C@@H]3CCCO3)cc2)cc(OC[C@@H]2CCCO2)c1. The highest BCUT2D eigenvalue weighted by Crippen LogP contribution is 2.21. The van der Waals surface area contributed by atoms with Gasteiger partial charge in [0.25, 0.3) is 0 Å². The van der Waals surface area contributed by atoms with Crippen molar-refractivity contribution in [3.8, 4) is 11.5 Å². The van der Waals surface area contributed by atoms with Gasteiger partial charge in [0.15, 0.2) is 0 Å². The smallest absolute Gasteiger partial charge is 0.121 e. The van der Waals surface area contributed by atoms with Crippen molar-refractivity contribution >= 4 is 5.69 Å². The quantitative estimate of drug-likeness (QED) is 0.695. The third-order valence-corrected chi connectivity index (χ3v) is 5.17. The fourth-order valence-electron chi connectivity index (χ4n) is 3.53. The lowest BCUT2D eigenvalue weighted by molar-refractivity contribution is 0.0679. The van der Waals surface area contributed by atoms with E-state index in [0.29, 0.717) is 13.2 Å². The first-order chi connectivity index (χ1) is 13.8. The Morgan fingerprint density at radius 1 is 0.821 bits per heavy atom. The Kier molecular flexibility index (Phi) is 6.68. The van der Waals surface area contributed by atoms with Gasteiger partial charge in [0.2, 0.25) is 0 Å². The fraction of sp³-hybridized carbons (Fsp3) is 0.478. The van der Waals surface area contributed by atoms with E-state index in [-0.39, 0.29) is 12.2 Å². The summed E-state index contributed by atoms with van der Waals surface area (Å²) in [4.78, 5) is 0. The maximum Gasteiger partial charge on any atom is 0.121 e. The molecule has 28 heavy (non-hydrogen) atoms. The minimum atomic E-state index is 0.234. The normalized spacial score (nSPS) is 21.6. The number of benzene rings is 2. The molecular formula is C23H29NO4. The average Bonchev–Trinajstić information content (AvgIpc) is 3.44. The molecule has 2 fully saturated rings. The molecule has 150 valence electrons. The molecule has 2 aromatic rings. The highest BCUT2D eigenvalue weighted by Gasteiger charge is 2.16. The van der Waals surface area contributed by atoms with E-state index in [1.165, 1.54) is 5.56 Å². The van der Waals surface area contributed by atoms with Crippen molar-refractivity contribution in [2.45, 2.75) is 44.4 Å². The van der Waals surface area contributed by atoms with Gasteiger partial charge in [-0.15, -0.1) is 0 Å². The zero-order valence-corrected chi connectivity index (χ0v) is 16.3. The molecule has 5 heteroatoms. The summed E-state index contributed by atoms with van der Waals surface area (Å²) in [5.41, 5.74) is 2.25. The number of hydrogen-bond donors (Lipinski definition) is 1. The predicted octanol–water partition coefficient (Wildman–Crippen LogP) is 4.41. The standard InChI is InChI=1S/C23H29NO4/c1-4-19(14-21(5-1)28-17-23-7-3-13-26-23)24-15-18-8-10-20(11-9-18)27-16-22-6-2-12-25-22/h1,4-5,8-11,14,22-24H,2-3,6-7,12-13,15-17H2/t22-,23-/m0/s1. The number of ether oxygens (including phenoxy) is 4. The van der Waals surface area contributed by atoms with Crippen LogP contribution in [0.2, 0.25) is 0 Å². The molecule has 0 spiro atoms. The van der Waals surface area contributed by atoms with Crippen LogP contribution in [-0.2, 0) is 16.0 Å². The van der Waals surface area contributed by atoms with Crippen LogP contribution in [0.25, 0.3) is 0 Å². The van der Waals surface area contributed by atoms with Gasteiger partial charge in [0.1, 0.15) is 24.7 Å². The lowest BCUT2D eigenvalue weighted by Gasteiger charge is -2.13. The summed E-state index contributed by atoms with van der Waals surface area (Å²) in [5.74, 6) is 1.77. The zero-order chi connectivity index (χ0) is 19.0. The second-order valence-corrected chi connectivity index (χ2v) is 7.42. The van der Waals surface area contributed by atoms with Crippen LogP contribution in [0.15, 0.2) is 48.5 Å². The number of hydrogen-bond acceptors (Lipinski definition) is 5. The molecule has 2 aromatic carbocycles. The third-order valence-electron chi connectivity index (χ3n) is 5.17. The molecule has 0 unspecified atom stereocenters. The molecule has 0 aliphatic carbocycles. The Morgan fingerprint density at radius 2 is 1.50 bits per heavy atom. The van der Waals surface area contributed by atoms with Gasteiger partial charge in [-0.3, -0.25) is 0 Å². The molecule has 2 heterocycles. The highest BCUT2D eigenvalue weighted by atomic mass is 16.5. The van der Waals surface area contributed by atoms with Crippen LogP contribution in [0, 0.1) is 0 Å². The molecule has 0 amide bonds. The van der Waals surface area contributed by atoms with Gasteiger partial charge in [-0.2, -0.15) is 0 Å². The monoisotopic (exact) mass is 383 g/mol. The lowest BCUT2D eigenvalue weighted by atomic mass is 10.2. The molecule has 0 aromatic heterocycles. The topological polar surface area (TPSA) is 49.0 Å². The van der Waals surface area contributed by atoms with Gasteiger partial charge in [-0.1, -0.05) is 18.2 Å². The number of rotatable bonds is 9. The van der Waals surface area contributed by atoms with E-state index in [4.69, 9.17) is 18.9 Å². The van der Waals surface area contributed by atoms with E-state index >= 15 is 0 Å². The van der Waals surface area contributed by atoms with Crippen LogP contribution >= 0.6 is 0 Å². The zero-order valence-electron chi connectivity index (χ0n) is 16.3. The Bertz CT molecular complexity index is 722. The highest BCUT2D eigenvalue weighted by molar-refractivity contribution is 5.48. The molecule has 2 aliphatic heterocycles.